The van der Waals surface area contributed by atoms with E-state index >= 15 is 0 Å². The van der Waals surface area contributed by atoms with Gasteiger partial charge in [-0.3, -0.25) is 9.78 Å². The molecule has 0 aromatic carbocycles. The molecule has 2 heterocycles. The predicted molar refractivity (Wildman–Crippen MR) is 55.7 cm³/mol. The van der Waals surface area contributed by atoms with Crippen LogP contribution < -0.4 is 0 Å². The molecule has 0 amide bonds. The molecule has 0 N–H and O–H groups in total. The molecule has 0 radical (unpaired) electrons. The van der Waals surface area contributed by atoms with Crippen molar-refractivity contribution in [3.05, 3.63) is 53.7 Å². The first-order chi connectivity index (χ1) is 7.25. The first-order valence-corrected chi connectivity index (χ1v) is 4.72. The van der Waals surface area contributed by atoms with Gasteiger partial charge in [-0.2, -0.15) is 0 Å². The lowest BCUT2D eigenvalue weighted by Gasteiger charge is -1.98. The number of nitrogens with zero attached hydrogens (tertiary/aromatic N) is 1. The van der Waals surface area contributed by atoms with Crippen molar-refractivity contribution in [3.8, 4) is 0 Å². The number of hydrogen-bond acceptors (Lipinski definition) is 3. The van der Waals surface area contributed by atoms with Crippen LogP contribution in [0.2, 0.25) is 0 Å². The van der Waals surface area contributed by atoms with Gasteiger partial charge in [-0.05, 0) is 30.2 Å². The molecule has 0 spiro atoms. The zero-order valence-electron chi connectivity index (χ0n) is 8.43. The van der Waals surface area contributed by atoms with Crippen LogP contribution in [0.5, 0.6) is 0 Å². The Kier molecular flexibility index (Phi) is 2.63. The molecule has 76 valence electrons. The SMILES string of the molecule is Cc1ccc(C(=O)Cc2ccoc2)nc1. The monoisotopic (exact) mass is 201 g/mol. The zero-order chi connectivity index (χ0) is 10.7. The van der Waals surface area contributed by atoms with Gasteiger partial charge in [-0.25, -0.2) is 0 Å². The smallest absolute Gasteiger partial charge is 0.185 e. The van der Waals surface area contributed by atoms with Crippen molar-refractivity contribution in [1.82, 2.24) is 4.98 Å². The Labute approximate surface area is 87.8 Å². The van der Waals surface area contributed by atoms with Gasteiger partial charge >= 0.3 is 0 Å². The summed E-state index contributed by atoms with van der Waals surface area (Å²) < 4.78 is 4.90. The van der Waals surface area contributed by atoms with E-state index in [1.807, 2.05) is 13.0 Å². The maximum Gasteiger partial charge on any atom is 0.185 e. The minimum absolute atomic E-state index is 0.0106. The number of furan rings is 1. The molecule has 0 aliphatic heterocycles. The molecule has 15 heavy (non-hydrogen) atoms. The van der Waals surface area contributed by atoms with Crippen LogP contribution in [0.25, 0.3) is 0 Å². The molecule has 0 saturated carbocycles. The second kappa shape index (κ2) is 4.09. The highest BCUT2D eigenvalue weighted by Gasteiger charge is 2.08. The Morgan fingerprint density at radius 3 is 2.87 bits per heavy atom. The van der Waals surface area contributed by atoms with Crippen LogP contribution >= 0.6 is 0 Å². The summed E-state index contributed by atoms with van der Waals surface area (Å²) in [6.45, 7) is 1.94. The van der Waals surface area contributed by atoms with Gasteiger partial charge in [-0.1, -0.05) is 6.07 Å². The highest BCUT2D eigenvalue weighted by Crippen LogP contribution is 2.06. The van der Waals surface area contributed by atoms with Crippen molar-refractivity contribution in [3.63, 3.8) is 0 Å². The Balaban J connectivity index is 2.11. The van der Waals surface area contributed by atoms with Gasteiger partial charge in [0.05, 0.1) is 12.5 Å². The number of hydrogen-bond donors (Lipinski definition) is 0. The molecule has 0 saturated heterocycles. The number of rotatable bonds is 3. The normalized spacial score (nSPS) is 10.2. The number of aryl methyl sites for hydroxylation is 1. The Bertz CT molecular complexity index is 443. The minimum Gasteiger partial charge on any atom is -0.472 e. The van der Waals surface area contributed by atoms with Gasteiger partial charge in [0.2, 0.25) is 0 Å². The summed E-state index contributed by atoms with van der Waals surface area (Å²) in [5.41, 5.74) is 2.43. The lowest BCUT2D eigenvalue weighted by atomic mass is 10.1. The van der Waals surface area contributed by atoms with Crippen LogP contribution in [0.3, 0.4) is 0 Å². The van der Waals surface area contributed by atoms with E-state index in [2.05, 4.69) is 4.98 Å². The van der Waals surface area contributed by atoms with Crippen LogP contribution in [-0.2, 0) is 6.42 Å². The lowest BCUT2D eigenvalue weighted by molar-refractivity contribution is 0.0988. The molecule has 0 aliphatic carbocycles. The molecule has 0 aliphatic rings. The topological polar surface area (TPSA) is 43.1 Å². The Morgan fingerprint density at radius 1 is 1.40 bits per heavy atom. The summed E-state index contributed by atoms with van der Waals surface area (Å²) in [6.07, 6.45) is 5.17. The third kappa shape index (κ3) is 2.31. The van der Waals surface area contributed by atoms with Crippen molar-refractivity contribution in [2.75, 3.05) is 0 Å². The number of Topliss-reactive ketones (excluding diaryl/α,β-unsaturated/α-hetero) is 1. The molecule has 3 heteroatoms. The minimum atomic E-state index is 0.0106. The number of ketones is 1. The summed E-state index contributed by atoms with van der Waals surface area (Å²) in [7, 11) is 0. The molecule has 2 aromatic heterocycles. The molecule has 0 unspecified atom stereocenters. The highest BCUT2D eigenvalue weighted by atomic mass is 16.3. The van der Waals surface area contributed by atoms with Gasteiger partial charge in [0.15, 0.2) is 5.78 Å². The van der Waals surface area contributed by atoms with E-state index in [0.717, 1.165) is 11.1 Å². The fourth-order valence-electron chi connectivity index (χ4n) is 1.30. The summed E-state index contributed by atoms with van der Waals surface area (Å²) in [5.74, 6) is 0.0106. The predicted octanol–water partition coefficient (Wildman–Crippen LogP) is 2.41. The van der Waals surface area contributed by atoms with Crippen molar-refractivity contribution in [2.45, 2.75) is 13.3 Å². The van der Waals surface area contributed by atoms with Crippen LogP contribution in [0.1, 0.15) is 21.6 Å². The Hall–Kier alpha value is -1.90. The quantitative estimate of drug-likeness (QED) is 0.716. The Morgan fingerprint density at radius 2 is 2.27 bits per heavy atom. The van der Waals surface area contributed by atoms with Gasteiger partial charge in [0.1, 0.15) is 5.69 Å². The van der Waals surface area contributed by atoms with E-state index in [1.54, 1.807) is 30.9 Å². The lowest BCUT2D eigenvalue weighted by Crippen LogP contribution is -2.05. The molecule has 0 bridgehead atoms. The number of pyridine rings is 1. The maximum absolute atomic E-state index is 11.7. The van der Waals surface area contributed by atoms with E-state index in [-0.39, 0.29) is 5.78 Å². The fourth-order valence-corrected chi connectivity index (χ4v) is 1.30. The fraction of sp³-hybridized carbons (Fsp3) is 0.167. The first kappa shape index (κ1) is 9.65. The third-order valence-electron chi connectivity index (χ3n) is 2.14. The molecule has 3 nitrogen and oxygen atoms in total. The maximum atomic E-state index is 11.7. The van der Waals surface area contributed by atoms with Gasteiger partial charge < -0.3 is 4.42 Å². The highest BCUT2D eigenvalue weighted by molar-refractivity contribution is 5.95. The second-order valence-corrected chi connectivity index (χ2v) is 3.45. The standard InChI is InChI=1S/C12H11NO2/c1-9-2-3-11(13-7-9)12(14)6-10-4-5-15-8-10/h2-5,7-8H,6H2,1H3. The number of carbonyl (C=O) groups is 1. The van der Waals surface area contributed by atoms with Crippen LogP contribution in [0.4, 0.5) is 0 Å². The molecule has 2 aromatic rings. The second-order valence-electron chi connectivity index (χ2n) is 3.45. The molecule has 2 rings (SSSR count). The van der Waals surface area contributed by atoms with E-state index in [9.17, 15) is 4.79 Å². The molecular formula is C12H11NO2. The summed E-state index contributed by atoms with van der Waals surface area (Å²) in [5, 5.41) is 0. The van der Waals surface area contributed by atoms with E-state index in [1.165, 1.54) is 0 Å². The molecule has 0 atom stereocenters. The molecule has 0 fully saturated rings. The largest absolute Gasteiger partial charge is 0.472 e. The van der Waals surface area contributed by atoms with Crippen molar-refractivity contribution < 1.29 is 9.21 Å². The van der Waals surface area contributed by atoms with Crippen LogP contribution in [0.15, 0.2) is 41.3 Å². The summed E-state index contributed by atoms with van der Waals surface area (Å²) >= 11 is 0. The number of carbonyl (C=O) groups excluding carboxylic acids is 1. The van der Waals surface area contributed by atoms with Gasteiger partial charge in [0, 0.05) is 12.6 Å². The average Bonchev–Trinajstić information content (AvgIpc) is 2.71. The average molecular weight is 201 g/mol. The van der Waals surface area contributed by atoms with E-state index < -0.39 is 0 Å². The first-order valence-electron chi connectivity index (χ1n) is 4.72. The van der Waals surface area contributed by atoms with Gasteiger partial charge in [0.25, 0.3) is 0 Å². The van der Waals surface area contributed by atoms with Crippen molar-refractivity contribution in [1.29, 1.82) is 0 Å². The van der Waals surface area contributed by atoms with E-state index in [4.69, 9.17) is 4.42 Å². The van der Waals surface area contributed by atoms with E-state index in [0.29, 0.717) is 12.1 Å². The summed E-state index contributed by atoms with van der Waals surface area (Å²) in [4.78, 5) is 15.8. The van der Waals surface area contributed by atoms with Crippen LogP contribution in [-0.4, -0.2) is 10.8 Å². The van der Waals surface area contributed by atoms with Gasteiger partial charge in [-0.15, -0.1) is 0 Å². The van der Waals surface area contributed by atoms with Crippen LogP contribution in [0, 0.1) is 6.92 Å². The number of aromatic nitrogens is 1. The van der Waals surface area contributed by atoms with Crippen molar-refractivity contribution in [2.24, 2.45) is 0 Å². The summed E-state index contributed by atoms with van der Waals surface area (Å²) in [6, 6.07) is 5.42. The third-order valence-corrected chi connectivity index (χ3v) is 2.14. The molecular weight excluding hydrogens is 190 g/mol. The van der Waals surface area contributed by atoms with Crippen molar-refractivity contribution >= 4 is 5.78 Å². The zero-order valence-corrected chi connectivity index (χ0v) is 8.43.